The predicted molar refractivity (Wildman–Crippen MR) is 71.6 cm³/mol. The molecule has 0 saturated carbocycles. The van der Waals surface area contributed by atoms with Crippen LogP contribution in [0.25, 0.3) is 0 Å². The molecule has 1 heterocycles. The summed E-state index contributed by atoms with van der Waals surface area (Å²) in [4.78, 5) is 9.95. The van der Waals surface area contributed by atoms with Crippen LogP contribution in [-0.2, 0) is 0 Å². The van der Waals surface area contributed by atoms with E-state index in [1.807, 2.05) is 0 Å². The molecule has 0 amide bonds. The second-order valence-corrected chi connectivity index (χ2v) is 4.18. The Labute approximate surface area is 117 Å². The van der Waals surface area contributed by atoms with E-state index >= 15 is 0 Å². The molecule has 10 heteroatoms. The van der Waals surface area contributed by atoms with Crippen LogP contribution in [0.2, 0.25) is 0 Å². The maximum atomic E-state index is 10.7. The number of hydrogen-bond donors (Lipinski definition) is 3. The van der Waals surface area contributed by atoms with E-state index in [4.69, 9.17) is 12.2 Å². The Hall–Kier alpha value is -2.75. The first-order valence-electron chi connectivity index (χ1n) is 5.29. The van der Waals surface area contributed by atoms with Crippen LogP contribution < -0.4 is 0 Å². The Morgan fingerprint density at radius 1 is 1.50 bits per heavy atom. The van der Waals surface area contributed by atoms with Crippen LogP contribution >= 0.6 is 12.2 Å². The molecule has 0 atom stereocenters. The lowest BCUT2D eigenvalue weighted by Crippen LogP contribution is -1.96. The average molecular weight is 295 g/mol. The molecule has 0 spiro atoms. The average Bonchev–Trinajstić information content (AvgIpc) is 2.68. The lowest BCUT2D eigenvalue weighted by Gasteiger charge is -2.01. The van der Waals surface area contributed by atoms with Crippen LogP contribution in [0.5, 0.6) is 11.5 Å². The quantitative estimate of drug-likeness (QED) is 0.340. The molecule has 1 aromatic carbocycles. The number of H-pyrrole nitrogens is 1. The van der Waals surface area contributed by atoms with Crippen LogP contribution in [0.1, 0.15) is 11.4 Å². The number of phenolic OH excluding ortho intramolecular Hbond substituents is 2. The summed E-state index contributed by atoms with van der Waals surface area (Å²) in [6.45, 7) is 1.66. The largest absolute Gasteiger partial charge is 0.507 e. The van der Waals surface area contributed by atoms with Gasteiger partial charge in [0.1, 0.15) is 11.6 Å². The summed E-state index contributed by atoms with van der Waals surface area (Å²) in [7, 11) is 0. The van der Waals surface area contributed by atoms with Gasteiger partial charge in [-0.05, 0) is 19.1 Å². The van der Waals surface area contributed by atoms with E-state index in [0.29, 0.717) is 5.82 Å². The fraction of sp³-hybridized carbons (Fsp3) is 0.100. The number of nitro groups is 1. The smallest absolute Gasteiger partial charge is 0.311 e. The zero-order valence-corrected chi connectivity index (χ0v) is 11.0. The molecular formula is C10H9N5O4S. The van der Waals surface area contributed by atoms with Gasteiger partial charge in [-0.2, -0.15) is 14.9 Å². The first kappa shape index (κ1) is 13.7. The van der Waals surface area contributed by atoms with Crippen molar-refractivity contribution in [3.63, 3.8) is 0 Å². The Kier molecular flexibility index (Phi) is 3.48. The third kappa shape index (κ3) is 2.49. The number of rotatable bonds is 3. The van der Waals surface area contributed by atoms with Gasteiger partial charge in [0.05, 0.1) is 11.1 Å². The fourth-order valence-electron chi connectivity index (χ4n) is 1.46. The summed E-state index contributed by atoms with van der Waals surface area (Å²) in [6, 6.07) is 1.88. The normalized spacial score (nSPS) is 11.1. The highest BCUT2D eigenvalue weighted by Gasteiger charge is 2.16. The molecule has 104 valence electrons. The molecule has 0 radical (unpaired) electrons. The van der Waals surface area contributed by atoms with Crippen molar-refractivity contribution >= 4 is 24.1 Å². The van der Waals surface area contributed by atoms with E-state index < -0.39 is 16.4 Å². The maximum Gasteiger partial charge on any atom is 0.311 e. The van der Waals surface area contributed by atoms with Gasteiger partial charge in [-0.1, -0.05) is 0 Å². The number of phenols is 2. The number of hydrogen-bond acceptors (Lipinski definition) is 7. The number of benzene rings is 1. The van der Waals surface area contributed by atoms with Gasteiger partial charge in [-0.3, -0.25) is 15.2 Å². The van der Waals surface area contributed by atoms with Crippen LogP contribution in [0.15, 0.2) is 17.2 Å². The molecule has 2 rings (SSSR count). The number of aromatic hydroxyl groups is 2. The highest BCUT2D eigenvalue weighted by molar-refractivity contribution is 7.71. The van der Waals surface area contributed by atoms with Gasteiger partial charge in [0.2, 0.25) is 4.77 Å². The molecule has 0 bridgehead atoms. The molecule has 9 nitrogen and oxygen atoms in total. The first-order chi connectivity index (χ1) is 9.40. The van der Waals surface area contributed by atoms with Crippen molar-refractivity contribution in [1.29, 1.82) is 0 Å². The predicted octanol–water partition coefficient (Wildman–Crippen LogP) is 1.45. The minimum absolute atomic E-state index is 0.0667. The number of nitrogens with zero attached hydrogens (tertiary/aromatic N) is 4. The van der Waals surface area contributed by atoms with Gasteiger partial charge < -0.3 is 10.2 Å². The molecule has 0 aliphatic carbocycles. The highest BCUT2D eigenvalue weighted by atomic mass is 32.1. The van der Waals surface area contributed by atoms with Crippen LogP contribution in [0, 0.1) is 21.8 Å². The molecule has 0 unspecified atom stereocenters. The standard InChI is InChI=1S/C10H9N5O4S/c1-5-12-13-10(20)14(5)11-4-6-2-7(15(18)19)9(17)3-8(6)16/h2-4,16-17H,1H3,(H,13,20)/b11-4+. The van der Waals surface area contributed by atoms with E-state index in [-0.39, 0.29) is 16.1 Å². The van der Waals surface area contributed by atoms with Gasteiger partial charge in [-0.25, -0.2) is 0 Å². The number of aryl methyl sites for hydroxylation is 1. The number of nitro benzene ring substituents is 1. The second kappa shape index (κ2) is 5.09. The van der Waals surface area contributed by atoms with E-state index in [0.717, 1.165) is 12.1 Å². The Bertz CT molecular complexity index is 763. The molecule has 20 heavy (non-hydrogen) atoms. The third-order valence-electron chi connectivity index (χ3n) is 2.45. The van der Waals surface area contributed by atoms with Gasteiger partial charge in [0, 0.05) is 17.7 Å². The molecule has 0 aliphatic rings. The van der Waals surface area contributed by atoms with Gasteiger partial charge in [-0.15, -0.1) is 0 Å². The minimum atomic E-state index is -0.763. The molecule has 3 N–H and O–H groups in total. The molecule has 0 fully saturated rings. The second-order valence-electron chi connectivity index (χ2n) is 3.79. The van der Waals surface area contributed by atoms with Crippen molar-refractivity contribution in [3.8, 4) is 11.5 Å². The van der Waals surface area contributed by atoms with Crippen LogP contribution in [0.3, 0.4) is 0 Å². The van der Waals surface area contributed by atoms with Gasteiger partial charge >= 0.3 is 5.69 Å². The fourth-order valence-corrected chi connectivity index (χ4v) is 1.68. The van der Waals surface area contributed by atoms with Crippen molar-refractivity contribution in [1.82, 2.24) is 14.9 Å². The van der Waals surface area contributed by atoms with Crippen molar-refractivity contribution in [2.24, 2.45) is 5.10 Å². The first-order valence-corrected chi connectivity index (χ1v) is 5.69. The van der Waals surface area contributed by atoms with Crippen molar-refractivity contribution in [2.75, 3.05) is 0 Å². The summed E-state index contributed by atoms with van der Waals surface area (Å²) >= 11 is 4.93. The van der Waals surface area contributed by atoms with Gasteiger partial charge in [0.25, 0.3) is 0 Å². The van der Waals surface area contributed by atoms with Crippen LogP contribution in [0.4, 0.5) is 5.69 Å². The lowest BCUT2D eigenvalue weighted by atomic mass is 10.2. The molecule has 0 saturated heterocycles. The Morgan fingerprint density at radius 3 is 2.75 bits per heavy atom. The molecule has 1 aromatic heterocycles. The molecule has 0 aliphatic heterocycles. The zero-order valence-electron chi connectivity index (χ0n) is 10.1. The maximum absolute atomic E-state index is 10.7. The minimum Gasteiger partial charge on any atom is -0.507 e. The SMILES string of the molecule is Cc1n[nH]c(=S)n1/N=C/c1cc([N+](=O)[O-])c(O)cc1O. The van der Waals surface area contributed by atoms with Crippen molar-refractivity contribution in [3.05, 3.63) is 38.4 Å². The summed E-state index contributed by atoms with van der Waals surface area (Å²) in [5, 5.41) is 40.0. The topological polar surface area (TPSA) is 130 Å². The van der Waals surface area contributed by atoms with E-state index in [1.165, 1.54) is 10.9 Å². The number of aromatic nitrogens is 3. The lowest BCUT2D eigenvalue weighted by molar-refractivity contribution is -0.385. The monoisotopic (exact) mass is 295 g/mol. The van der Waals surface area contributed by atoms with E-state index in [9.17, 15) is 20.3 Å². The van der Waals surface area contributed by atoms with Crippen LogP contribution in [-0.4, -0.2) is 36.2 Å². The van der Waals surface area contributed by atoms with E-state index in [2.05, 4.69) is 15.3 Å². The van der Waals surface area contributed by atoms with Crippen molar-refractivity contribution < 1.29 is 15.1 Å². The summed E-state index contributed by atoms with van der Waals surface area (Å²) < 4.78 is 1.53. The number of nitrogens with one attached hydrogen (secondary N) is 1. The molecular weight excluding hydrogens is 286 g/mol. The van der Waals surface area contributed by atoms with Gasteiger partial charge in [0.15, 0.2) is 5.75 Å². The zero-order chi connectivity index (χ0) is 14.9. The Morgan fingerprint density at radius 2 is 2.20 bits per heavy atom. The third-order valence-corrected chi connectivity index (χ3v) is 2.71. The van der Waals surface area contributed by atoms with E-state index in [1.54, 1.807) is 6.92 Å². The van der Waals surface area contributed by atoms with Crippen molar-refractivity contribution in [2.45, 2.75) is 6.92 Å². The Balaban J connectivity index is 2.46. The highest BCUT2D eigenvalue weighted by Crippen LogP contribution is 2.31. The molecule has 2 aromatic rings. The summed E-state index contributed by atoms with van der Waals surface area (Å²) in [6.07, 6.45) is 1.18. The summed E-state index contributed by atoms with van der Waals surface area (Å²) in [5.74, 6) is -0.482. The number of aromatic amines is 1. The summed E-state index contributed by atoms with van der Waals surface area (Å²) in [5.41, 5.74) is -0.464.